The van der Waals surface area contributed by atoms with Crippen LogP contribution in [0.5, 0.6) is 0 Å². The lowest BCUT2D eigenvalue weighted by atomic mass is 10.2. The summed E-state index contributed by atoms with van der Waals surface area (Å²) in [6, 6.07) is 4.75. The van der Waals surface area contributed by atoms with Crippen molar-refractivity contribution in [1.82, 2.24) is 25.5 Å². The number of hydrogen-bond acceptors (Lipinski definition) is 4. The van der Waals surface area contributed by atoms with E-state index in [4.69, 9.17) is 0 Å². The molecule has 1 fully saturated rings. The second-order valence-electron chi connectivity index (χ2n) is 4.92. The van der Waals surface area contributed by atoms with Crippen LogP contribution in [0.3, 0.4) is 0 Å². The fourth-order valence-electron chi connectivity index (χ4n) is 2.32. The summed E-state index contributed by atoms with van der Waals surface area (Å²) < 4.78 is 0. The lowest BCUT2D eigenvalue weighted by molar-refractivity contribution is 0.0949. The van der Waals surface area contributed by atoms with E-state index in [2.05, 4.69) is 20.6 Å². The van der Waals surface area contributed by atoms with E-state index in [1.807, 2.05) is 0 Å². The van der Waals surface area contributed by atoms with Gasteiger partial charge in [-0.2, -0.15) is 0 Å². The van der Waals surface area contributed by atoms with Gasteiger partial charge in [0.25, 0.3) is 11.5 Å². The Labute approximate surface area is 125 Å². The van der Waals surface area contributed by atoms with E-state index in [0.29, 0.717) is 30.7 Å². The van der Waals surface area contributed by atoms with Crippen molar-refractivity contribution in [1.29, 1.82) is 0 Å². The number of amides is 3. The van der Waals surface area contributed by atoms with Crippen LogP contribution in [0.4, 0.5) is 4.79 Å². The number of urea groups is 1. The number of hydrogen-bond donors (Lipinski definition) is 3. The van der Waals surface area contributed by atoms with E-state index in [-0.39, 0.29) is 18.1 Å². The average Bonchev–Trinajstić information content (AvgIpc) is 2.92. The Bertz CT molecular complexity index is 785. The van der Waals surface area contributed by atoms with E-state index in [1.165, 1.54) is 6.07 Å². The third kappa shape index (κ3) is 2.76. The summed E-state index contributed by atoms with van der Waals surface area (Å²) in [6.45, 7) is 1.92. The highest BCUT2D eigenvalue weighted by Crippen LogP contribution is 2.06. The molecule has 114 valence electrons. The van der Waals surface area contributed by atoms with Crippen molar-refractivity contribution in [3.8, 4) is 0 Å². The predicted molar refractivity (Wildman–Crippen MR) is 79.7 cm³/mol. The molecule has 3 rings (SSSR count). The number of carbonyl (C=O) groups is 2. The van der Waals surface area contributed by atoms with Crippen LogP contribution in [0, 0.1) is 0 Å². The van der Waals surface area contributed by atoms with Gasteiger partial charge in [-0.05, 0) is 18.2 Å². The molecule has 3 N–H and O–H groups in total. The average molecular weight is 301 g/mol. The largest absolute Gasteiger partial charge is 0.350 e. The fourth-order valence-corrected chi connectivity index (χ4v) is 2.32. The van der Waals surface area contributed by atoms with Crippen LogP contribution in [-0.4, -0.2) is 53.0 Å². The van der Waals surface area contributed by atoms with Crippen molar-refractivity contribution in [2.45, 2.75) is 0 Å². The summed E-state index contributed by atoms with van der Waals surface area (Å²) in [5.41, 5.74) is 0.679. The van der Waals surface area contributed by atoms with Crippen molar-refractivity contribution in [2.24, 2.45) is 0 Å². The predicted octanol–water partition coefficient (Wildman–Crippen LogP) is -0.322. The molecule has 0 atom stereocenters. The van der Waals surface area contributed by atoms with Crippen LogP contribution in [0.2, 0.25) is 0 Å². The summed E-state index contributed by atoms with van der Waals surface area (Å²) in [7, 11) is 0. The number of aromatic amines is 1. The molecular formula is C14H15N5O3. The quantitative estimate of drug-likeness (QED) is 0.719. The lowest BCUT2D eigenvalue weighted by Crippen LogP contribution is -2.38. The van der Waals surface area contributed by atoms with E-state index in [1.54, 1.807) is 23.2 Å². The number of fused-ring (bicyclic) bond motifs is 1. The molecular weight excluding hydrogens is 286 g/mol. The minimum Gasteiger partial charge on any atom is -0.350 e. The first-order valence-corrected chi connectivity index (χ1v) is 6.94. The molecule has 2 aromatic heterocycles. The molecule has 3 heterocycles. The number of pyridine rings is 2. The first-order chi connectivity index (χ1) is 10.6. The van der Waals surface area contributed by atoms with Crippen molar-refractivity contribution in [3.05, 3.63) is 40.3 Å². The summed E-state index contributed by atoms with van der Waals surface area (Å²) in [5.74, 6) is -0.478. The Kier molecular flexibility index (Phi) is 3.73. The van der Waals surface area contributed by atoms with Crippen LogP contribution >= 0.6 is 0 Å². The Balaban J connectivity index is 1.68. The Morgan fingerprint density at radius 2 is 2.27 bits per heavy atom. The SMILES string of the molecule is O=C(NCCN1CCNC1=O)c1cc2ncccc2[nH]c1=O. The highest BCUT2D eigenvalue weighted by molar-refractivity contribution is 5.96. The molecule has 0 bridgehead atoms. The number of rotatable bonds is 4. The van der Waals surface area contributed by atoms with Gasteiger partial charge in [-0.25, -0.2) is 4.79 Å². The number of nitrogens with zero attached hydrogens (tertiary/aromatic N) is 2. The van der Waals surface area contributed by atoms with Gasteiger partial charge in [0.1, 0.15) is 5.56 Å². The van der Waals surface area contributed by atoms with Gasteiger partial charge in [-0.1, -0.05) is 0 Å². The maximum absolute atomic E-state index is 12.1. The van der Waals surface area contributed by atoms with Gasteiger partial charge in [0.05, 0.1) is 11.0 Å². The lowest BCUT2D eigenvalue weighted by Gasteiger charge is -2.14. The number of H-pyrrole nitrogens is 1. The first-order valence-electron chi connectivity index (χ1n) is 6.94. The zero-order valence-corrected chi connectivity index (χ0v) is 11.8. The highest BCUT2D eigenvalue weighted by atomic mass is 16.2. The number of carbonyl (C=O) groups excluding carboxylic acids is 2. The second-order valence-corrected chi connectivity index (χ2v) is 4.92. The Morgan fingerprint density at radius 1 is 1.41 bits per heavy atom. The maximum atomic E-state index is 12.1. The Morgan fingerprint density at radius 3 is 3.05 bits per heavy atom. The molecule has 3 amide bonds. The van der Waals surface area contributed by atoms with Crippen LogP contribution < -0.4 is 16.2 Å². The third-order valence-corrected chi connectivity index (χ3v) is 3.47. The van der Waals surface area contributed by atoms with Gasteiger partial charge < -0.3 is 20.5 Å². The van der Waals surface area contributed by atoms with Crippen LogP contribution in [-0.2, 0) is 0 Å². The highest BCUT2D eigenvalue weighted by Gasteiger charge is 2.19. The van der Waals surface area contributed by atoms with Gasteiger partial charge in [-0.3, -0.25) is 14.6 Å². The topological polar surface area (TPSA) is 107 Å². The molecule has 8 heteroatoms. The first kappa shape index (κ1) is 14.1. The molecule has 22 heavy (non-hydrogen) atoms. The van der Waals surface area contributed by atoms with E-state index in [9.17, 15) is 14.4 Å². The van der Waals surface area contributed by atoms with Gasteiger partial charge in [0.2, 0.25) is 0 Å². The molecule has 1 aliphatic heterocycles. The summed E-state index contributed by atoms with van der Waals surface area (Å²) in [4.78, 5) is 43.7. The van der Waals surface area contributed by atoms with E-state index in [0.717, 1.165) is 0 Å². The zero-order valence-electron chi connectivity index (χ0n) is 11.8. The van der Waals surface area contributed by atoms with Crippen LogP contribution in [0.1, 0.15) is 10.4 Å². The van der Waals surface area contributed by atoms with Gasteiger partial charge >= 0.3 is 6.03 Å². The van der Waals surface area contributed by atoms with Gasteiger partial charge in [-0.15, -0.1) is 0 Å². The second kappa shape index (κ2) is 5.84. The normalized spacial score (nSPS) is 14.2. The molecule has 1 aliphatic rings. The number of nitrogens with one attached hydrogen (secondary N) is 3. The molecule has 0 aliphatic carbocycles. The van der Waals surface area contributed by atoms with Crippen molar-refractivity contribution >= 4 is 23.0 Å². The minimum absolute atomic E-state index is 0.0112. The summed E-state index contributed by atoms with van der Waals surface area (Å²) in [6.07, 6.45) is 1.59. The minimum atomic E-state index is -0.478. The fraction of sp³-hybridized carbons (Fsp3) is 0.286. The maximum Gasteiger partial charge on any atom is 0.317 e. The molecule has 0 spiro atoms. The molecule has 1 saturated heterocycles. The zero-order chi connectivity index (χ0) is 15.5. The van der Waals surface area contributed by atoms with Crippen molar-refractivity contribution in [2.75, 3.05) is 26.2 Å². The van der Waals surface area contributed by atoms with Crippen LogP contribution in [0.15, 0.2) is 29.2 Å². The molecule has 0 saturated carbocycles. The molecule has 0 unspecified atom stereocenters. The molecule has 0 aromatic carbocycles. The summed E-state index contributed by atoms with van der Waals surface area (Å²) >= 11 is 0. The van der Waals surface area contributed by atoms with Crippen LogP contribution in [0.25, 0.3) is 11.0 Å². The monoisotopic (exact) mass is 301 g/mol. The third-order valence-electron chi connectivity index (χ3n) is 3.47. The van der Waals surface area contributed by atoms with E-state index < -0.39 is 11.5 Å². The van der Waals surface area contributed by atoms with Crippen molar-refractivity contribution < 1.29 is 9.59 Å². The van der Waals surface area contributed by atoms with E-state index >= 15 is 0 Å². The Hall–Kier alpha value is -2.90. The summed E-state index contributed by atoms with van der Waals surface area (Å²) in [5, 5.41) is 5.32. The van der Waals surface area contributed by atoms with Gasteiger partial charge in [0.15, 0.2) is 0 Å². The van der Waals surface area contributed by atoms with Gasteiger partial charge in [0, 0.05) is 32.4 Å². The standard InChI is InChI=1S/C14H15N5O3/c20-12(16-4-6-19-7-5-17-14(19)22)9-8-11-10(18-13(9)21)2-1-3-15-11/h1-3,8H,4-7H2,(H,16,20)(H,17,22)(H,18,21). The molecule has 2 aromatic rings. The number of aromatic nitrogens is 2. The molecule has 0 radical (unpaired) electrons. The smallest absolute Gasteiger partial charge is 0.317 e. The van der Waals surface area contributed by atoms with Crippen molar-refractivity contribution in [3.63, 3.8) is 0 Å². The molecule has 8 nitrogen and oxygen atoms in total.